The number of anilines is 1. The van der Waals surface area contributed by atoms with E-state index in [1.165, 1.54) is 31.6 Å². The molecule has 0 unspecified atom stereocenters. The lowest BCUT2D eigenvalue weighted by Gasteiger charge is -2.30. The van der Waals surface area contributed by atoms with Crippen LogP contribution in [0, 0.1) is 5.21 Å². The molecule has 0 aliphatic carbocycles. The number of methoxy groups -OCH3 is 1. The quantitative estimate of drug-likeness (QED) is 0.340. The van der Waals surface area contributed by atoms with Crippen molar-refractivity contribution in [3.63, 3.8) is 0 Å². The van der Waals surface area contributed by atoms with Crippen LogP contribution < -0.4 is 13.8 Å². The van der Waals surface area contributed by atoms with Gasteiger partial charge in [0.15, 0.2) is 12.4 Å². The Hall–Kier alpha value is -3.73. The van der Waals surface area contributed by atoms with E-state index in [-0.39, 0.29) is 17.1 Å². The molecule has 4 rings (SSSR count). The monoisotopic (exact) mass is 509 g/mol. The highest BCUT2D eigenvalue weighted by molar-refractivity contribution is 7.93. The minimum Gasteiger partial charge on any atom is -0.619 e. The maximum atomic E-state index is 13.8. The maximum Gasteiger partial charge on any atom is 0.270 e. The van der Waals surface area contributed by atoms with Crippen molar-refractivity contribution in [2.75, 3.05) is 44.3 Å². The molecule has 3 aromatic rings. The Kier molecular flexibility index (Phi) is 7.99. The minimum atomic E-state index is -4.25. The minimum absolute atomic E-state index is 0.0273. The first kappa shape index (κ1) is 25.4. The van der Waals surface area contributed by atoms with Crippen LogP contribution in [0.1, 0.15) is 11.1 Å². The summed E-state index contributed by atoms with van der Waals surface area (Å²) in [5.41, 5.74) is 1.52. The van der Waals surface area contributed by atoms with Gasteiger partial charge < -0.3 is 14.7 Å². The maximum absolute atomic E-state index is 13.8. The van der Waals surface area contributed by atoms with Gasteiger partial charge in [-0.15, -0.1) is 0 Å². The van der Waals surface area contributed by atoms with Crippen LogP contribution in [0.25, 0.3) is 12.2 Å². The summed E-state index contributed by atoms with van der Waals surface area (Å²) in [6.45, 7) is 1.98. The van der Waals surface area contributed by atoms with Crippen molar-refractivity contribution in [2.24, 2.45) is 0 Å². The third-order valence-corrected chi connectivity index (χ3v) is 7.47. The van der Waals surface area contributed by atoms with Crippen LogP contribution in [0.15, 0.2) is 78.0 Å². The number of morpholine rings is 1. The first-order valence-corrected chi connectivity index (χ1v) is 12.8. The molecule has 0 saturated carbocycles. The number of hydrogen-bond acceptors (Lipinski definition) is 7. The number of hydrogen-bond donors (Lipinski definition) is 0. The first-order chi connectivity index (χ1) is 17.4. The normalized spacial score (nSPS) is 14.6. The third-order valence-electron chi connectivity index (χ3n) is 5.73. The molecule has 36 heavy (non-hydrogen) atoms. The molecule has 0 bridgehead atoms. The number of carbonyl (C=O) groups excluding carboxylic acids is 1. The van der Waals surface area contributed by atoms with Gasteiger partial charge in [-0.2, -0.15) is 4.73 Å². The standard InChI is InChI=1S/C26H27N3O6S/c1-34-23-8-10-24(11-9-23)36(32,33)29(26(30)20-27-16-18-35-19-17-27)25-5-3-2-4-22(25)7-6-21-12-14-28(31)15-13-21/h2-15H,16-20H2,1H3. The van der Waals surface area contributed by atoms with Crippen molar-refractivity contribution in [3.8, 4) is 5.75 Å². The number of rotatable bonds is 8. The van der Waals surface area contributed by atoms with Gasteiger partial charge in [0.25, 0.3) is 15.9 Å². The van der Waals surface area contributed by atoms with Crippen molar-refractivity contribution in [1.82, 2.24) is 4.90 Å². The Morgan fingerprint density at radius 2 is 1.72 bits per heavy atom. The van der Waals surface area contributed by atoms with Crippen molar-refractivity contribution < 1.29 is 27.4 Å². The number of amides is 1. The SMILES string of the molecule is COc1ccc(S(=O)(=O)N(C(=O)CN2CCOCC2)c2ccccc2C=Cc2cc[n+]([O-])cc2)cc1. The molecule has 0 atom stereocenters. The number of pyridine rings is 1. The summed E-state index contributed by atoms with van der Waals surface area (Å²) in [6.07, 6.45) is 6.22. The van der Waals surface area contributed by atoms with Crippen LogP contribution >= 0.6 is 0 Å². The van der Waals surface area contributed by atoms with E-state index in [9.17, 15) is 18.4 Å². The van der Waals surface area contributed by atoms with Crippen LogP contribution in [-0.2, 0) is 19.6 Å². The molecular weight excluding hydrogens is 482 g/mol. The van der Waals surface area contributed by atoms with E-state index in [4.69, 9.17) is 9.47 Å². The van der Waals surface area contributed by atoms with Crippen LogP contribution in [0.5, 0.6) is 5.75 Å². The van der Waals surface area contributed by atoms with Gasteiger partial charge in [0, 0.05) is 25.2 Å². The van der Waals surface area contributed by atoms with E-state index >= 15 is 0 Å². The molecular formula is C26H27N3O6S. The highest BCUT2D eigenvalue weighted by Crippen LogP contribution is 2.30. The lowest BCUT2D eigenvalue weighted by Crippen LogP contribution is -2.47. The second-order valence-corrected chi connectivity index (χ2v) is 9.90. The predicted molar refractivity (Wildman–Crippen MR) is 136 cm³/mol. The van der Waals surface area contributed by atoms with E-state index in [0.717, 1.165) is 9.87 Å². The van der Waals surface area contributed by atoms with E-state index in [0.29, 0.717) is 42.3 Å². The summed E-state index contributed by atoms with van der Waals surface area (Å²) in [5.74, 6) is -0.0635. The lowest BCUT2D eigenvalue weighted by molar-refractivity contribution is -0.605. The van der Waals surface area contributed by atoms with Crippen molar-refractivity contribution >= 4 is 33.8 Å². The predicted octanol–water partition coefficient (Wildman–Crippen LogP) is 2.55. The molecule has 0 radical (unpaired) electrons. The summed E-state index contributed by atoms with van der Waals surface area (Å²) in [5, 5.41) is 11.3. The fourth-order valence-corrected chi connectivity index (χ4v) is 5.24. The van der Waals surface area contributed by atoms with Gasteiger partial charge in [-0.25, -0.2) is 12.7 Å². The van der Waals surface area contributed by atoms with Crippen LogP contribution in [0.4, 0.5) is 5.69 Å². The summed E-state index contributed by atoms with van der Waals surface area (Å²) >= 11 is 0. The zero-order valence-electron chi connectivity index (χ0n) is 19.8. The lowest BCUT2D eigenvalue weighted by atomic mass is 10.1. The number of nitrogens with zero attached hydrogens (tertiary/aromatic N) is 3. The highest BCUT2D eigenvalue weighted by Gasteiger charge is 2.33. The third kappa shape index (κ3) is 5.91. The van der Waals surface area contributed by atoms with Gasteiger partial charge in [-0.3, -0.25) is 9.69 Å². The van der Waals surface area contributed by atoms with Gasteiger partial charge in [-0.1, -0.05) is 30.4 Å². The van der Waals surface area contributed by atoms with E-state index < -0.39 is 15.9 Å². The topological polar surface area (TPSA) is 103 Å². The molecule has 188 valence electrons. The second kappa shape index (κ2) is 11.3. The fourth-order valence-electron chi connectivity index (χ4n) is 3.80. The Bertz CT molecular complexity index is 1320. The molecule has 1 aliphatic rings. The van der Waals surface area contributed by atoms with Crippen molar-refractivity contribution in [1.29, 1.82) is 0 Å². The molecule has 0 spiro atoms. The Morgan fingerprint density at radius 1 is 1.06 bits per heavy atom. The molecule has 1 aliphatic heterocycles. The molecule has 10 heteroatoms. The Balaban J connectivity index is 1.75. The molecule has 2 aromatic carbocycles. The number of ether oxygens (including phenoxy) is 2. The number of carbonyl (C=O) groups is 1. The van der Waals surface area contributed by atoms with Gasteiger partial charge in [0.1, 0.15) is 5.75 Å². The number of benzene rings is 2. The zero-order chi connectivity index (χ0) is 25.5. The largest absolute Gasteiger partial charge is 0.619 e. The Morgan fingerprint density at radius 3 is 2.39 bits per heavy atom. The summed E-state index contributed by atoms with van der Waals surface area (Å²) in [4.78, 5) is 15.4. The average Bonchev–Trinajstić information content (AvgIpc) is 2.89. The van der Waals surface area contributed by atoms with Crippen LogP contribution in [-0.4, -0.2) is 59.2 Å². The van der Waals surface area contributed by atoms with E-state index in [1.54, 1.807) is 60.7 Å². The summed E-state index contributed by atoms with van der Waals surface area (Å²) in [7, 11) is -2.75. The van der Waals surface area contributed by atoms with E-state index in [1.807, 2.05) is 4.90 Å². The fraction of sp³-hybridized carbons (Fsp3) is 0.231. The number of aromatic nitrogens is 1. The van der Waals surface area contributed by atoms with Gasteiger partial charge in [0.2, 0.25) is 0 Å². The van der Waals surface area contributed by atoms with Crippen LogP contribution in [0.2, 0.25) is 0 Å². The number of para-hydroxylation sites is 1. The molecule has 9 nitrogen and oxygen atoms in total. The molecule has 2 heterocycles. The highest BCUT2D eigenvalue weighted by atomic mass is 32.2. The molecule has 1 fully saturated rings. The molecule has 0 N–H and O–H groups in total. The number of sulfonamides is 1. The smallest absolute Gasteiger partial charge is 0.270 e. The van der Waals surface area contributed by atoms with Gasteiger partial charge in [-0.05, 0) is 41.5 Å². The van der Waals surface area contributed by atoms with E-state index in [2.05, 4.69) is 0 Å². The first-order valence-electron chi connectivity index (χ1n) is 11.4. The Labute approximate surface area is 210 Å². The van der Waals surface area contributed by atoms with Gasteiger partial charge >= 0.3 is 0 Å². The molecule has 1 amide bonds. The van der Waals surface area contributed by atoms with Crippen LogP contribution in [0.3, 0.4) is 0 Å². The summed E-state index contributed by atoms with van der Waals surface area (Å²) in [6, 6.07) is 16.0. The summed E-state index contributed by atoms with van der Waals surface area (Å²) < 4.78 is 39.7. The molecule has 1 aromatic heterocycles. The van der Waals surface area contributed by atoms with Gasteiger partial charge in [0.05, 0.1) is 37.5 Å². The van der Waals surface area contributed by atoms with Crippen molar-refractivity contribution in [2.45, 2.75) is 4.90 Å². The van der Waals surface area contributed by atoms with Crippen molar-refractivity contribution in [3.05, 3.63) is 89.4 Å². The zero-order valence-corrected chi connectivity index (χ0v) is 20.6. The second-order valence-electron chi connectivity index (χ2n) is 8.11. The molecule has 1 saturated heterocycles. The average molecular weight is 510 g/mol.